The van der Waals surface area contributed by atoms with Gasteiger partial charge in [0.15, 0.2) is 5.03 Å². The van der Waals surface area contributed by atoms with Gasteiger partial charge in [0, 0.05) is 10.1 Å². The Labute approximate surface area is 137 Å². The lowest BCUT2D eigenvalue weighted by Gasteiger charge is -2.07. The molecule has 0 aliphatic rings. The van der Waals surface area contributed by atoms with Crippen molar-refractivity contribution in [3.05, 3.63) is 47.0 Å². The van der Waals surface area contributed by atoms with Crippen LogP contribution in [0.2, 0.25) is 0 Å². The van der Waals surface area contributed by atoms with Crippen molar-refractivity contribution in [1.29, 1.82) is 0 Å². The molecular formula is C13H8F3N3O3S2. The van der Waals surface area contributed by atoms with E-state index in [1.54, 1.807) is 4.72 Å². The van der Waals surface area contributed by atoms with Crippen LogP contribution in [0.4, 0.5) is 13.2 Å². The summed E-state index contributed by atoms with van der Waals surface area (Å²) in [5, 5.41) is 5.18. The topological polar surface area (TPSA) is 91.9 Å². The highest BCUT2D eigenvalue weighted by molar-refractivity contribution is 7.90. The molecule has 6 nitrogen and oxygen atoms in total. The molecule has 3 aromatic rings. The maximum atomic E-state index is 13.0. The summed E-state index contributed by atoms with van der Waals surface area (Å²) in [7, 11) is -4.17. The Balaban J connectivity index is 1.97. The third-order valence-corrected chi connectivity index (χ3v) is 5.44. The number of nitrogens with zero attached hydrogens (tertiary/aromatic N) is 1. The molecule has 2 aromatic heterocycles. The third-order valence-electron chi connectivity index (χ3n) is 3.08. The summed E-state index contributed by atoms with van der Waals surface area (Å²) < 4.78 is 64.8. The summed E-state index contributed by atoms with van der Waals surface area (Å²) in [6, 6.07) is 5.72. The van der Waals surface area contributed by atoms with E-state index in [0.29, 0.717) is 0 Å². The van der Waals surface area contributed by atoms with E-state index in [1.807, 2.05) is 0 Å². The number of carbonyl (C=O) groups excluding carboxylic acids is 1. The second kappa shape index (κ2) is 5.60. The van der Waals surface area contributed by atoms with Crippen LogP contribution in [0, 0.1) is 0 Å². The van der Waals surface area contributed by atoms with Gasteiger partial charge in [0.1, 0.15) is 0 Å². The van der Waals surface area contributed by atoms with Crippen LogP contribution in [0.25, 0.3) is 10.1 Å². The highest BCUT2D eigenvalue weighted by atomic mass is 32.2. The summed E-state index contributed by atoms with van der Waals surface area (Å²) in [5.41, 5.74) is -0.883. The second-order valence-corrected chi connectivity index (χ2v) is 7.42. The van der Waals surface area contributed by atoms with Gasteiger partial charge in [0.2, 0.25) is 0 Å². The van der Waals surface area contributed by atoms with E-state index < -0.39 is 27.7 Å². The monoisotopic (exact) mass is 375 g/mol. The number of hydrogen-bond donors (Lipinski definition) is 2. The number of halogens is 3. The molecule has 0 radical (unpaired) electrons. The Bertz CT molecular complexity index is 1010. The number of aromatic amines is 1. The minimum Gasteiger partial charge on any atom is -0.267 e. The molecule has 0 atom stereocenters. The van der Waals surface area contributed by atoms with Crippen LogP contribution < -0.4 is 4.72 Å². The molecule has 0 spiro atoms. The van der Waals surface area contributed by atoms with Crippen molar-refractivity contribution >= 4 is 37.4 Å². The first kappa shape index (κ1) is 16.5. The Hall–Kier alpha value is -2.40. The van der Waals surface area contributed by atoms with E-state index in [-0.39, 0.29) is 20.0 Å². The van der Waals surface area contributed by atoms with Crippen LogP contribution in [0.3, 0.4) is 0 Å². The first-order valence-electron chi connectivity index (χ1n) is 6.35. The number of thiophene rings is 1. The van der Waals surface area contributed by atoms with Crippen molar-refractivity contribution < 1.29 is 26.4 Å². The molecule has 1 amide bonds. The van der Waals surface area contributed by atoms with Crippen LogP contribution in [0.5, 0.6) is 0 Å². The molecule has 1 aromatic carbocycles. The number of H-pyrrole nitrogens is 1. The predicted octanol–water partition coefficient (Wildman–Crippen LogP) is 2.76. The van der Waals surface area contributed by atoms with Gasteiger partial charge in [0.05, 0.1) is 16.6 Å². The highest BCUT2D eigenvalue weighted by Crippen LogP contribution is 2.37. The van der Waals surface area contributed by atoms with Gasteiger partial charge < -0.3 is 0 Å². The number of fused-ring (bicyclic) bond motifs is 1. The number of hydrogen-bond acceptors (Lipinski definition) is 5. The van der Waals surface area contributed by atoms with E-state index >= 15 is 0 Å². The van der Waals surface area contributed by atoms with Crippen molar-refractivity contribution in [1.82, 2.24) is 14.9 Å². The lowest BCUT2D eigenvalue weighted by atomic mass is 10.1. The zero-order valence-corrected chi connectivity index (χ0v) is 13.2. The zero-order chi connectivity index (χ0) is 17.5. The first-order valence-corrected chi connectivity index (χ1v) is 8.65. The molecule has 0 saturated heterocycles. The largest absolute Gasteiger partial charge is 0.417 e. The number of benzene rings is 1. The molecule has 3 rings (SSSR count). The van der Waals surface area contributed by atoms with Crippen LogP contribution in [0.1, 0.15) is 15.2 Å². The number of rotatable bonds is 3. The maximum absolute atomic E-state index is 13.0. The molecule has 0 fully saturated rings. The van der Waals surface area contributed by atoms with Gasteiger partial charge in [-0.15, -0.1) is 11.3 Å². The quantitative estimate of drug-likeness (QED) is 0.736. The predicted molar refractivity (Wildman–Crippen MR) is 80.1 cm³/mol. The van der Waals surface area contributed by atoms with Crippen molar-refractivity contribution in [3.8, 4) is 0 Å². The Morgan fingerprint density at radius 1 is 1.25 bits per heavy atom. The average Bonchev–Trinajstić information content (AvgIpc) is 3.14. The molecule has 2 heterocycles. The molecule has 0 bridgehead atoms. The number of alkyl halides is 3. The third kappa shape index (κ3) is 2.99. The lowest BCUT2D eigenvalue weighted by molar-refractivity contribution is -0.136. The van der Waals surface area contributed by atoms with Crippen molar-refractivity contribution in [2.24, 2.45) is 0 Å². The van der Waals surface area contributed by atoms with Gasteiger partial charge in [-0.1, -0.05) is 6.07 Å². The van der Waals surface area contributed by atoms with Crippen LogP contribution in [-0.4, -0.2) is 24.5 Å². The van der Waals surface area contributed by atoms with Gasteiger partial charge in [-0.05, 0) is 24.3 Å². The number of sulfonamides is 1. The van der Waals surface area contributed by atoms with Gasteiger partial charge in [-0.2, -0.15) is 26.7 Å². The summed E-state index contributed by atoms with van der Waals surface area (Å²) in [4.78, 5) is 11.9. The zero-order valence-electron chi connectivity index (χ0n) is 11.6. The van der Waals surface area contributed by atoms with Crippen LogP contribution >= 0.6 is 11.3 Å². The molecule has 0 unspecified atom stereocenters. The molecule has 0 aliphatic carbocycles. The normalized spacial score (nSPS) is 12.5. The molecule has 2 N–H and O–H groups in total. The summed E-state index contributed by atoms with van der Waals surface area (Å²) in [5.74, 6) is -1.01. The molecule has 11 heteroatoms. The lowest BCUT2D eigenvalue weighted by Crippen LogP contribution is -2.30. The van der Waals surface area contributed by atoms with E-state index in [2.05, 4.69) is 10.2 Å². The average molecular weight is 375 g/mol. The van der Waals surface area contributed by atoms with Crippen molar-refractivity contribution in [2.45, 2.75) is 11.2 Å². The van der Waals surface area contributed by atoms with E-state index in [0.717, 1.165) is 29.5 Å². The molecule has 24 heavy (non-hydrogen) atoms. The SMILES string of the molecule is O=C(NS(=O)(=O)c1ccn[nH]1)c1cc2c(C(F)(F)F)cccc2s1. The number of nitrogens with one attached hydrogen (secondary N) is 2. The fraction of sp³-hybridized carbons (Fsp3) is 0.0769. The summed E-state index contributed by atoms with van der Waals surface area (Å²) >= 11 is 0.771. The van der Waals surface area contributed by atoms with Gasteiger partial charge >= 0.3 is 6.18 Å². The second-order valence-electron chi connectivity index (χ2n) is 4.68. The van der Waals surface area contributed by atoms with Crippen LogP contribution in [0.15, 0.2) is 41.6 Å². The van der Waals surface area contributed by atoms with E-state index in [9.17, 15) is 26.4 Å². The molecule has 126 valence electrons. The van der Waals surface area contributed by atoms with Gasteiger partial charge in [-0.25, -0.2) is 4.72 Å². The summed E-state index contributed by atoms with van der Waals surface area (Å²) in [6.07, 6.45) is -3.38. The van der Waals surface area contributed by atoms with Crippen molar-refractivity contribution in [3.63, 3.8) is 0 Å². The summed E-state index contributed by atoms with van der Waals surface area (Å²) in [6.45, 7) is 0. The standard InChI is InChI=1S/C13H8F3N3O3S2/c14-13(15,16)8-2-1-3-9-7(8)6-10(23-9)12(20)19-24(21,22)11-4-5-17-18-11/h1-6H,(H,17,18)(H,19,20). The van der Waals surface area contributed by atoms with E-state index in [4.69, 9.17) is 0 Å². The Morgan fingerprint density at radius 2 is 2.00 bits per heavy atom. The minimum atomic E-state index is -4.57. The highest BCUT2D eigenvalue weighted by Gasteiger charge is 2.33. The van der Waals surface area contributed by atoms with E-state index in [1.165, 1.54) is 18.3 Å². The Kier molecular flexibility index (Phi) is 3.84. The minimum absolute atomic E-state index is 0.148. The van der Waals surface area contributed by atoms with Crippen molar-refractivity contribution in [2.75, 3.05) is 0 Å². The number of amides is 1. The first-order chi connectivity index (χ1) is 11.2. The maximum Gasteiger partial charge on any atom is 0.417 e. The van der Waals surface area contributed by atoms with Crippen LogP contribution in [-0.2, 0) is 16.2 Å². The van der Waals surface area contributed by atoms with Gasteiger partial charge in [0.25, 0.3) is 15.9 Å². The number of carbonyl (C=O) groups is 1. The molecule has 0 aliphatic heterocycles. The fourth-order valence-corrected chi connectivity index (χ4v) is 3.96. The fourth-order valence-electron chi connectivity index (χ4n) is 2.04. The number of aromatic nitrogens is 2. The van der Waals surface area contributed by atoms with Gasteiger partial charge in [-0.3, -0.25) is 9.89 Å². The molecular weight excluding hydrogens is 367 g/mol. The molecule has 0 saturated carbocycles. The smallest absolute Gasteiger partial charge is 0.267 e. The Morgan fingerprint density at radius 3 is 2.62 bits per heavy atom.